The Hall–Kier alpha value is 0.185. The molecule has 0 radical (unpaired) electrons. The third-order valence-electron chi connectivity index (χ3n) is 1.91. The minimum Gasteiger partial charge on any atom is -0.423 e. The van der Waals surface area contributed by atoms with Gasteiger partial charge in [0, 0.05) is 20.6 Å². The molecule has 0 fully saturated rings. The van der Waals surface area contributed by atoms with E-state index in [1.54, 1.807) is 6.07 Å². The quantitative estimate of drug-likeness (QED) is 0.615. The zero-order chi connectivity index (χ0) is 10.3. The van der Waals surface area contributed by atoms with Crippen molar-refractivity contribution in [2.45, 2.75) is 0 Å². The van der Waals surface area contributed by atoms with Crippen LogP contribution in [0.15, 0.2) is 18.2 Å². The van der Waals surface area contributed by atoms with Gasteiger partial charge in [0.15, 0.2) is 0 Å². The first kappa shape index (κ1) is 10.7. The molecule has 72 valence electrons. The topological polar surface area (TPSA) is 40.5 Å². The van der Waals surface area contributed by atoms with E-state index in [0.29, 0.717) is 10.5 Å². The molecule has 0 atom stereocenters. The first-order valence-electron chi connectivity index (χ1n) is 3.84. The highest BCUT2D eigenvalue weighted by Gasteiger charge is 2.22. The van der Waals surface area contributed by atoms with Crippen molar-refractivity contribution in [1.82, 2.24) is 0 Å². The SMILES string of the molecule is OB(O)c1c(I)sc2cccc(Cl)c12. The Kier molecular flexibility index (Phi) is 3.04. The molecule has 2 rings (SSSR count). The van der Waals surface area contributed by atoms with Gasteiger partial charge in [0.25, 0.3) is 0 Å². The molecule has 2 nitrogen and oxygen atoms in total. The Labute approximate surface area is 104 Å². The van der Waals surface area contributed by atoms with Crippen LogP contribution in [0.25, 0.3) is 10.1 Å². The molecule has 6 heteroatoms. The van der Waals surface area contributed by atoms with Crippen LogP contribution >= 0.6 is 45.5 Å². The molecule has 14 heavy (non-hydrogen) atoms. The van der Waals surface area contributed by atoms with Gasteiger partial charge in [-0.1, -0.05) is 17.7 Å². The Morgan fingerprint density at radius 2 is 2.07 bits per heavy atom. The molecule has 2 aromatic rings. The van der Waals surface area contributed by atoms with Crippen LogP contribution in [0.1, 0.15) is 0 Å². The number of hydrogen-bond acceptors (Lipinski definition) is 3. The van der Waals surface area contributed by atoms with Gasteiger partial charge in [-0.3, -0.25) is 0 Å². The molecule has 1 heterocycles. The van der Waals surface area contributed by atoms with Crippen LogP contribution in [0, 0.1) is 2.88 Å². The second kappa shape index (κ2) is 3.98. The average molecular weight is 338 g/mol. The van der Waals surface area contributed by atoms with Crippen molar-refractivity contribution in [2.24, 2.45) is 0 Å². The maximum absolute atomic E-state index is 9.21. The number of thiophene rings is 1. The van der Waals surface area contributed by atoms with Gasteiger partial charge >= 0.3 is 7.12 Å². The predicted molar refractivity (Wildman–Crippen MR) is 69.4 cm³/mol. The van der Waals surface area contributed by atoms with E-state index in [1.165, 1.54) is 11.3 Å². The van der Waals surface area contributed by atoms with E-state index < -0.39 is 7.12 Å². The fraction of sp³-hybridized carbons (Fsp3) is 0. The monoisotopic (exact) mass is 338 g/mol. The second-order valence-electron chi connectivity index (χ2n) is 2.78. The maximum Gasteiger partial charge on any atom is 0.491 e. The minimum atomic E-state index is -1.46. The van der Waals surface area contributed by atoms with Crippen molar-refractivity contribution < 1.29 is 10.0 Å². The lowest BCUT2D eigenvalue weighted by Gasteiger charge is -1.99. The average Bonchev–Trinajstić information content (AvgIpc) is 2.42. The number of halogens is 2. The lowest BCUT2D eigenvalue weighted by molar-refractivity contribution is 0.426. The van der Waals surface area contributed by atoms with Gasteiger partial charge in [0.2, 0.25) is 0 Å². The molecule has 0 unspecified atom stereocenters. The molecule has 0 saturated carbocycles. The molecule has 1 aromatic carbocycles. The zero-order valence-corrected chi connectivity index (χ0v) is 10.6. The molecule has 0 amide bonds. The first-order valence-corrected chi connectivity index (χ1v) is 6.11. The Bertz CT molecular complexity index is 485. The second-order valence-corrected chi connectivity index (χ2v) is 6.05. The summed E-state index contributed by atoms with van der Waals surface area (Å²) in [5, 5.41) is 19.7. The molecule has 0 saturated heterocycles. The Balaban J connectivity index is 2.86. The number of benzene rings is 1. The van der Waals surface area contributed by atoms with E-state index in [1.807, 2.05) is 12.1 Å². The van der Waals surface area contributed by atoms with Gasteiger partial charge in [-0.2, -0.15) is 0 Å². The number of rotatable bonds is 1. The van der Waals surface area contributed by atoms with Gasteiger partial charge in [-0.25, -0.2) is 0 Å². The third-order valence-corrected chi connectivity index (χ3v) is 4.43. The summed E-state index contributed by atoms with van der Waals surface area (Å²) >= 11 is 9.59. The van der Waals surface area contributed by atoms with Crippen LogP contribution < -0.4 is 5.46 Å². The number of hydrogen-bond donors (Lipinski definition) is 2. The highest BCUT2D eigenvalue weighted by atomic mass is 127. The summed E-state index contributed by atoms with van der Waals surface area (Å²) in [6.07, 6.45) is 0. The lowest BCUT2D eigenvalue weighted by Crippen LogP contribution is -2.31. The molecule has 0 spiro atoms. The van der Waals surface area contributed by atoms with Crippen LogP contribution in [0.2, 0.25) is 5.02 Å². The van der Waals surface area contributed by atoms with E-state index >= 15 is 0 Å². The fourth-order valence-corrected chi connectivity index (χ4v) is 3.90. The summed E-state index contributed by atoms with van der Waals surface area (Å²) in [4.78, 5) is 0. The molecule has 2 N–H and O–H groups in total. The van der Waals surface area contributed by atoms with Gasteiger partial charge in [-0.05, 0) is 34.7 Å². The highest BCUT2D eigenvalue weighted by Crippen LogP contribution is 2.30. The predicted octanol–water partition coefficient (Wildman–Crippen LogP) is 1.84. The molecular weight excluding hydrogens is 333 g/mol. The fourth-order valence-electron chi connectivity index (χ4n) is 1.33. The van der Waals surface area contributed by atoms with Gasteiger partial charge in [0.1, 0.15) is 0 Å². The smallest absolute Gasteiger partial charge is 0.423 e. The van der Waals surface area contributed by atoms with Gasteiger partial charge < -0.3 is 10.0 Å². The summed E-state index contributed by atoms with van der Waals surface area (Å²) in [5.74, 6) is 0. The molecule has 0 aliphatic rings. The van der Waals surface area contributed by atoms with Crippen LogP contribution in [-0.4, -0.2) is 17.2 Å². The largest absolute Gasteiger partial charge is 0.491 e. The van der Waals surface area contributed by atoms with Gasteiger partial charge in [-0.15, -0.1) is 11.3 Å². The maximum atomic E-state index is 9.21. The summed E-state index contributed by atoms with van der Waals surface area (Å²) < 4.78 is 1.84. The minimum absolute atomic E-state index is 0.510. The number of fused-ring (bicyclic) bond motifs is 1. The Morgan fingerprint density at radius 1 is 1.36 bits per heavy atom. The van der Waals surface area contributed by atoms with Crippen molar-refractivity contribution in [1.29, 1.82) is 0 Å². The van der Waals surface area contributed by atoms with E-state index in [-0.39, 0.29) is 0 Å². The standard InChI is InChI=1S/C8H5BClIO2S/c10-4-2-1-3-5-6(4)7(9(12)13)8(11)14-5/h1-3,12-13H. The van der Waals surface area contributed by atoms with Crippen molar-refractivity contribution in [2.75, 3.05) is 0 Å². The van der Waals surface area contributed by atoms with Crippen LogP contribution in [0.4, 0.5) is 0 Å². The summed E-state index contributed by atoms with van der Waals surface area (Å²) in [7, 11) is -1.46. The van der Waals surface area contributed by atoms with Crippen molar-refractivity contribution >= 4 is 68.2 Å². The molecular formula is C8H5BClIO2S. The van der Waals surface area contributed by atoms with Crippen molar-refractivity contribution in [3.63, 3.8) is 0 Å². The van der Waals surface area contributed by atoms with Crippen LogP contribution in [0.3, 0.4) is 0 Å². The first-order chi connectivity index (χ1) is 6.61. The van der Waals surface area contributed by atoms with Gasteiger partial charge in [0.05, 0.1) is 2.88 Å². The Morgan fingerprint density at radius 3 is 2.71 bits per heavy atom. The summed E-state index contributed by atoms with van der Waals surface area (Å²) in [6, 6.07) is 5.52. The van der Waals surface area contributed by atoms with E-state index in [0.717, 1.165) is 13.0 Å². The van der Waals surface area contributed by atoms with Crippen LogP contribution in [0.5, 0.6) is 0 Å². The highest BCUT2D eigenvalue weighted by molar-refractivity contribution is 14.1. The zero-order valence-electron chi connectivity index (χ0n) is 6.87. The molecule has 0 aliphatic heterocycles. The molecule has 0 bridgehead atoms. The third kappa shape index (κ3) is 1.67. The lowest BCUT2D eigenvalue weighted by atomic mass is 9.80. The van der Waals surface area contributed by atoms with Crippen molar-refractivity contribution in [3.05, 3.63) is 26.1 Å². The normalized spacial score (nSPS) is 10.9. The molecule has 0 aliphatic carbocycles. The van der Waals surface area contributed by atoms with Crippen molar-refractivity contribution in [3.8, 4) is 0 Å². The van der Waals surface area contributed by atoms with E-state index in [9.17, 15) is 10.0 Å². The molecule has 1 aromatic heterocycles. The summed E-state index contributed by atoms with van der Waals surface area (Å²) in [5.41, 5.74) is 0.510. The summed E-state index contributed by atoms with van der Waals surface area (Å²) in [6.45, 7) is 0. The van der Waals surface area contributed by atoms with Crippen LogP contribution in [-0.2, 0) is 0 Å². The van der Waals surface area contributed by atoms with E-state index in [4.69, 9.17) is 11.6 Å². The van der Waals surface area contributed by atoms with E-state index in [2.05, 4.69) is 22.6 Å².